The number of nitriles is 1. The van der Waals surface area contributed by atoms with Gasteiger partial charge in [0.2, 0.25) is 0 Å². The highest BCUT2D eigenvalue weighted by atomic mass is 16.5. The van der Waals surface area contributed by atoms with Crippen LogP contribution in [0.4, 0.5) is 0 Å². The smallest absolute Gasteiger partial charge is 0.0674 e. The molecule has 0 radical (unpaired) electrons. The molecular formula is C8H16N2O. The first-order valence-corrected chi connectivity index (χ1v) is 3.80. The second kappa shape index (κ2) is 6.14. The lowest BCUT2D eigenvalue weighted by molar-refractivity contribution is 0.0519. The molecule has 0 aromatic rings. The zero-order valence-corrected chi connectivity index (χ0v) is 7.50. The third-order valence-electron chi connectivity index (χ3n) is 1.24. The largest absolute Gasteiger partial charge is 0.376 e. The van der Waals surface area contributed by atoms with E-state index in [1.165, 1.54) is 0 Å². The van der Waals surface area contributed by atoms with Crippen LogP contribution in [0.15, 0.2) is 0 Å². The highest BCUT2D eigenvalue weighted by Crippen LogP contribution is 1.93. The molecule has 11 heavy (non-hydrogen) atoms. The van der Waals surface area contributed by atoms with Crippen LogP contribution in [-0.2, 0) is 4.74 Å². The molecule has 0 aliphatic heterocycles. The summed E-state index contributed by atoms with van der Waals surface area (Å²) in [6, 6.07) is 2.04. The Balaban J connectivity index is 3.24. The van der Waals surface area contributed by atoms with Crippen LogP contribution >= 0.6 is 0 Å². The molecule has 3 nitrogen and oxygen atoms in total. The van der Waals surface area contributed by atoms with Crippen molar-refractivity contribution in [2.75, 3.05) is 27.2 Å². The zero-order chi connectivity index (χ0) is 8.69. The van der Waals surface area contributed by atoms with Crippen molar-refractivity contribution >= 4 is 0 Å². The van der Waals surface area contributed by atoms with Crippen LogP contribution in [0.5, 0.6) is 0 Å². The van der Waals surface area contributed by atoms with Gasteiger partial charge in [-0.05, 0) is 21.0 Å². The van der Waals surface area contributed by atoms with Gasteiger partial charge in [-0.25, -0.2) is 0 Å². The summed E-state index contributed by atoms with van der Waals surface area (Å²) >= 11 is 0. The Labute approximate surface area is 68.6 Å². The summed E-state index contributed by atoms with van der Waals surface area (Å²) in [5.74, 6) is 0. The molecule has 1 unspecified atom stereocenters. The molecule has 1 atom stereocenters. The van der Waals surface area contributed by atoms with Crippen molar-refractivity contribution < 1.29 is 4.74 Å². The summed E-state index contributed by atoms with van der Waals surface area (Å²) in [6.45, 7) is 3.47. The molecular weight excluding hydrogens is 140 g/mol. The first-order chi connectivity index (χ1) is 5.16. The van der Waals surface area contributed by atoms with Gasteiger partial charge in [-0.15, -0.1) is 0 Å². The number of nitrogens with zero attached hydrogens (tertiary/aromatic N) is 2. The topological polar surface area (TPSA) is 36.3 Å². The summed E-state index contributed by atoms with van der Waals surface area (Å²) in [4.78, 5) is 2.07. The van der Waals surface area contributed by atoms with E-state index >= 15 is 0 Å². The third-order valence-corrected chi connectivity index (χ3v) is 1.24. The fraction of sp³-hybridized carbons (Fsp3) is 0.875. The van der Waals surface area contributed by atoms with Crippen molar-refractivity contribution in [2.24, 2.45) is 0 Å². The fourth-order valence-corrected chi connectivity index (χ4v) is 0.873. The molecule has 0 aromatic carbocycles. The number of likely N-dealkylation sites (N-methyl/N-ethyl adjacent to an activating group) is 1. The Morgan fingerprint density at radius 2 is 2.18 bits per heavy atom. The van der Waals surface area contributed by atoms with Crippen molar-refractivity contribution in [1.82, 2.24) is 4.90 Å². The van der Waals surface area contributed by atoms with Crippen LogP contribution in [-0.4, -0.2) is 38.3 Å². The summed E-state index contributed by atoms with van der Waals surface area (Å²) in [5.41, 5.74) is 0. The van der Waals surface area contributed by atoms with Crippen LogP contribution in [0.25, 0.3) is 0 Å². The minimum Gasteiger partial charge on any atom is -0.376 e. The molecule has 0 saturated carbocycles. The molecule has 0 aliphatic rings. The van der Waals surface area contributed by atoms with Crippen LogP contribution < -0.4 is 0 Å². The van der Waals surface area contributed by atoms with Gasteiger partial charge in [-0.1, -0.05) is 0 Å². The van der Waals surface area contributed by atoms with Crippen LogP contribution in [0.2, 0.25) is 0 Å². The van der Waals surface area contributed by atoms with Crippen molar-refractivity contribution in [1.29, 1.82) is 5.26 Å². The molecule has 3 heteroatoms. The molecule has 0 bridgehead atoms. The average Bonchev–Trinajstić information content (AvgIpc) is 1.86. The van der Waals surface area contributed by atoms with E-state index in [4.69, 9.17) is 10.00 Å². The van der Waals surface area contributed by atoms with Crippen molar-refractivity contribution in [3.63, 3.8) is 0 Å². The predicted octanol–water partition coefficient (Wildman–Crippen LogP) is 0.867. The minimum absolute atomic E-state index is 0.221. The maximum Gasteiger partial charge on any atom is 0.0674 e. The van der Waals surface area contributed by atoms with Crippen LogP contribution in [0.3, 0.4) is 0 Å². The Bertz CT molecular complexity index is 129. The summed E-state index contributed by atoms with van der Waals surface area (Å²) < 4.78 is 5.33. The summed E-state index contributed by atoms with van der Waals surface area (Å²) in [6.07, 6.45) is 0.705. The predicted molar refractivity (Wildman–Crippen MR) is 44.2 cm³/mol. The monoisotopic (exact) mass is 156 g/mol. The van der Waals surface area contributed by atoms with E-state index in [1.807, 2.05) is 27.1 Å². The quantitative estimate of drug-likeness (QED) is 0.554. The van der Waals surface area contributed by atoms with Crippen molar-refractivity contribution in [2.45, 2.75) is 19.4 Å². The van der Waals surface area contributed by atoms with Gasteiger partial charge in [0, 0.05) is 6.54 Å². The number of hydrogen-bond donors (Lipinski definition) is 0. The van der Waals surface area contributed by atoms with Gasteiger partial charge in [0.15, 0.2) is 0 Å². The number of rotatable bonds is 5. The Hall–Kier alpha value is -0.590. The highest BCUT2D eigenvalue weighted by Gasteiger charge is 2.01. The van der Waals surface area contributed by atoms with E-state index in [9.17, 15) is 0 Å². The molecule has 0 aliphatic carbocycles. The number of ether oxygens (including phenoxy) is 1. The Kier molecular flexibility index (Phi) is 5.81. The number of hydrogen-bond acceptors (Lipinski definition) is 3. The maximum atomic E-state index is 8.22. The lowest BCUT2D eigenvalue weighted by Crippen LogP contribution is -2.26. The SMILES string of the molecule is CC(CN(C)C)OCCC#N. The molecule has 0 N–H and O–H groups in total. The minimum atomic E-state index is 0.221. The molecule has 0 aromatic heterocycles. The molecule has 0 heterocycles. The van der Waals surface area contributed by atoms with Crippen LogP contribution in [0, 0.1) is 11.3 Å². The highest BCUT2D eigenvalue weighted by molar-refractivity contribution is 4.68. The van der Waals surface area contributed by atoms with E-state index in [0.717, 1.165) is 6.54 Å². The summed E-state index contributed by atoms with van der Waals surface area (Å²) in [5, 5.41) is 8.22. The third kappa shape index (κ3) is 7.31. The van der Waals surface area contributed by atoms with Gasteiger partial charge in [-0.2, -0.15) is 5.26 Å². The van der Waals surface area contributed by atoms with Crippen molar-refractivity contribution in [3.05, 3.63) is 0 Å². The molecule has 64 valence electrons. The standard InChI is InChI=1S/C8H16N2O/c1-8(7-10(2)3)11-6-4-5-9/h8H,4,6-7H2,1-3H3. The van der Waals surface area contributed by atoms with Gasteiger partial charge < -0.3 is 9.64 Å². The molecule has 0 saturated heterocycles. The zero-order valence-electron chi connectivity index (χ0n) is 7.50. The lowest BCUT2D eigenvalue weighted by Gasteiger charge is -2.16. The maximum absolute atomic E-state index is 8.22. The van der Waals surface area contributed by atoms with E-state index in [1.54, 1.807) is 0 Å². The molecule has 0 rings (SSSR count). The van der Waals surface area contributed by atoms with Gasteiger partial charge >= 0.3 is 0 Å². The van der Waals surface area contributed by atoms with E-state index in [-0.39, 0.29) is 6.10 Å². The van der Waals surface area contributed by atoms with E-state index in [0.29, 0.717) is 13.0 Å². The van der Waals surface area contributed by atoms with Gasteiger partial charge in [-0.3, -0.25) is 0 Å². The van der Waals surface area contributed by atoms with Crippen LogP contribution in [0.1, 0.15) is 13.3 Å². The van der Waals surface area contributed by atoms with Gasteiger partial charge in [0.25, 0.3) is 0 Å². The fourth-order valence-electron chi connectivity index (χ4n) is 0.873. The van der Waals surface area contributed by atoms with E-state index in [2.05, 4.69) is 4.90 Å². The van der Waals surface area contributed by atoms with E-state index < -0.39 is 0 Å². The molecule has 0 amide bonds. The molecule has 0 fully saturated rings. The molecule has 0 spiro atoms. The second-order valence-electron chi connectivity index (χ2n) is 2.85. The van der Waals surface area contributed by atoms with Crippen molar-refractivity contribution in [3.8, 4) is 6.07 Å². The summed E-state index contributed by atoms with van der Waals surface area (Å²) in [7, 11) is 4.01. The lowest BCUT2D eigenvalue weighted by atomic mass is 10.4. The van der Waals surface area contributed by atoms with Gasteiger partial charge in [0.05, 0.1) is 25.2 Å². The van der Waals surface area contributed by atoms with Gasteiger partial charge in [0.1, 0.15) is 0 Å². The normalized spacial score (nSPS) is 13.0. The average molecular weight is 156 g/mol. The first-order valence-electron chi connectivity index (χ1n) is 3.80. The second-order valence-corrected chi connectivity index (χ2v) is 2.85. The Morgan fingerprint density at radius 1 is 1.55 bits per heavy atom. The Morgan fingerprint density at radius 3 is 2.64 bits per heavy atom. The first kappa shape index (κ1) is 10.4.